The first-order valence-corrected chi connectivity index (χ1v) is 9.47. The first-order chi connectivity index (χ1) is 13.0. The van der Waals surface area contributed by atoms with Gasteiger partial charge in [0.1, 0.15) is 12.4 Å². The third kappa shape index (κ3) is 2.28. The maximum Gasteiger partial charge on any atom is 0.235 e. The molecule has 3 amide bonds. The first-order valence-electron chi connectivity index (χ1n) is 9.47. The summed E-state index contributed by atoms with van der Waals surface area (Å²) >= 11 is 0. The van der Waals surface area contributed by atoms with E-state index in [-0.39, 0.29) is 48.1 Å². The molecular formula is C21H22N2O4. The van der Waals surface area contributed by atoms with Gasteiger partial charge in [-0.15, -0.1) is 0 Å². The van der Waals surface area contributed by atoms with Gasteiger partial charge in [-0.05, 0) is 54.4 Å². The van der Waals surface area contributed by atoms with Gasteiger partial charge < -0.3 is 4.74 Å². The molecule has 0 N–H and O–H groups in total. The summed E-state index contributed by atoms with van der Waals surface area (Å²) in [6.07, 6.45) is 5.45. The number of hydrogen-bond donors (Lipinski definition) is 0. The van der Waals surface area contributed by atoms with Crippen LogP contribution in [-0.4, -0.2) is 36.4 Å². The van der Waals surface area contributed by atoms with Gasteiger partial charge >= 0.3 is 0 Å². The van der Waals surface area contributed by atoms with Gasteiger partial charge in [0.2, 0.25) is 17.7 Å². The lowest BCUT2D eigenvalue weighted by Crippen LogP contribution is -2.44. The minimum atomic E-state index is -0.235. The quantitative estimate of drug-likeness (QED) is 0.604. The molecule has 2 saturated carbocycles. The minimum Gasteiger partial charge on any atom is -0.497 e. The second-order valence-electron chi connectivity index (χ2n) is 8.05. The monoisotopic (exact) mass is 366 g/mol. The molecule has 1 aromatic carbocycles. The summed E-state index contributed by atoms with van der Waals surface area (Å²) in [7, 11) is 1.58. The number of anilines is 1. The van der Waals surface area contributed by atoms with Crippen LogP contribution in [0.15, 0.2) is 36.4 Å². The van der Waals surface area contributed by atoms with E-state index in [2.05, 4.69) is 12.2 Å². The molecule has 1 aromatic rings. The van der Waals surface area contributed by atoms with Crippen LogP contribution in [-0.2, 0) is 14.4 Å². The van der Waals surface area contributed by atoms with Crippen LogP contribution in [0.2, 0.25) is 0 Å². The van der Waals surface area contributed by atoms with Crippen molar-refractivity contribution in [2.24, 2.45) is 35.5 Å². The molecule has 1 aliphatic heterocycles. The maximum absolute atomic E-state index is 13.1. The molecule has 4 aliphatic carbocycles. The highest BCUT2D eigenvalue weighted by Crippen LogP contribution is 2.65. The Kier molecular flexibility index (Phi) is 3.48. The van der Waals surface area contributed by atoms with Gasteiger partial charge in [0.25, 0.3) is 0 Å². The van der Waals surface area contributed by atoms with Gasteiger partial charge in [0.05, 0.1) is 18.9 Å². The number of nitrogens with zero attached hydrogens (tertiary/aromatic N) is 2. The lowest BCUT2D eigenvalue weighted by Gasteiger charge is -2.37. The molecule has 3 fully saturated rings. The summed E-state index contributed by atoms with van der Waals surface area (Å²) in [6, 6.07) is 7.05. The van der Waals surface area contributed by atoms with Crippen molar-refractivity contribution >= 4 is 23.4 Å². The van der Waals surface area contributed by atoms with Crippen LogP contribution in [0.3, 0.4) is 0 Å². The predicted octanol–water partition coefficient (Wildman–Crippen LogP) is 2.06. The normalized spacial score (nSPS) is 35.1. The Morgan fingerprint density at radius 2 is 1.63 bits per heavy atom. The molecule has 6 atom stereocenters. The van der Waals surface area contributed by atoms with Crippen LogP contribution in [0.1, 0.15) is 13.3 Å². The Morgan fingerprint density at radius 1 is 1.07 bits per heavy atom. The third-order valence-electron chi connectivity index (χ3n) is 6.80. The average Bonchev–Trinajstić information content (AvgIpc) is 3.46. The second-order valence-corrected chi connectivity index (χ2v) is 8.05. The molecule has 1 saturated heterocycles. The van der Waals surface area contributed by atoms with E-state index in [4.69, 9.17) is 4.74 Å². The fourth-order valence-corrected chi connectivity index (χ4v) is 5.42. The number of likely N-dealkylation sites (tertiary alicyclic amines) is 1. The number of rotatable bonds is 4. The lowest BCUT2D eigenvalue weighted by molar-refractivity contribution is -0.140. The number of methoxy groups -OCH3 is 1. The molecule has 0 aromatic heterocycles. The summed E-state index contributed by atoms with van der Waals surface area (Å²) in [5.74, 6) is 1.30. The van der Waals surface area contributed by atoms with E-state index in [1.54, 1.807) is 31.4 Å². The molecule has 27 heavy (non-hydrogen) atoms. The summed E-state index contributed by atoms with van der Waals surface area (Å²) in [6.45, 7) is 1.42. The maximum atomic E-state index is 13.1. The fraction of sp³-hybridized carbons (Fsp3) is 0.476. The summed E-state index contributed by atoms with van der Waals surface area (Å²) in [4.78, 5) is 41.2. The molecule has 6 rings (SSSR count). The highest BCUT2D eigenvalue weighted by atomic mass is 16.5. The number of benzene rings is 1. The van der Waals surface area contributed by atoms with E-state index < -0.39 is 0 Å². The number of carbonyl (C=O) groups is 3. The zero-order valence-corrected chi connectivity index (χ0v) is 15.4. The van der Waals surface area contributed by atoms with Crippen LogP contribution >= 0.6 is 0 Å². The van der Waals surface area contributed by atoms with Crippen molar-refractivity contribution in [1.29, 1.82) is 0 Å². The Hall–Kier alpha value is -2.63. The summed E-state index contributed by atoms with van der Waals surface area (Å²) < 4.78 is 5.16. The minimum absolute atomic E-state index is 0.0267. The Balaban J connectivity index is 1.42. The predicted molar refractivity (Wildman–Crippen MR) is 97.6 cm³/mol. The molecule has 0 spiro atoms. The Bertz CT molecular complexity index is 825. The highest BCUT2D eigenvalue weighted by molar-refractivity contribution is 6.07. The standard InChI is InChI=1S/C21H22N2O4/c1-11(24)22(12-3-5-13(27-2)6-4-12)10-23-20(25)18-14-7-8-15(17-9-16(14)17)19(18)21(23)26/h3-8,14-19H,9-10H2,1-2H3/t14-,15-,16-,17+,18+,19+/m1/s1. The van der Waals surface area contributed by atoms with E-state index in [1.807, 2.05) is 0 Å². The molecule has 6 nitrogen and oxygen atoms in total. The van der Waals surface area contributed by atoms with Gasteiger partial charge in [-0.3, -0.25) is 24.2 Å². The number of amides is 3. The van der Waals surface area contributed by atoms with Crippen molar-refractivity contribution < 1.29 is 19.1 Å². The van der Waals surface area contributed by atoms with Crippen LogP contribution in [0.4, 0.5) is 5.69 Å². The number of imide groups is 1. The SMILES string of the molecule is COc1ccc(N(CN2C(=O)[C@H]3[C@@H]4C=C[C@H]([C@@H]5C[C@H]45)[C@@H]3C2=O)C(C)=O)cc1. The topological polar surface area (TPSA) is 66.9 Å². The van der Waals surface area contributed by atoms with E-state index in [0.717, 1.165) is 6.42 Å². The molecule has 0 radical (unpaired) electrons. The van der Waals surface area contributed by atoms with Crippen LogP contribution < -0.4 is 9.64 Å². The third-order valence-corrected chi connectivity index (χ3v) is 6.80. The van der Waals surface area contributed by atoms with E-state index in [1.165, 1.54) is 16.7 Å². The molecule has 6 heteroatoms. The number of allylic oxidation sites excluding steroid dienone is 2. The Labute approximate surface area is 157 Å². The Morgan fingerprint density at radius 3 is 2.11 bits per heavy atom. The lowest BCUT2D eigenvalue weighted by atomic mass is 9.63. The zero-order valence-electron chi connectivity index (χ0n) is 15.4. The van der Waals surface area contributed by atoms with E-state index >= 15 is 0 Å². The number of ether oxygens (including phenoxy) is 1. The van der Waals surface area contributed by atoms with Gasteiger partial charge in [0, 0.05) is 12.6 Å². The number of carbonyl (C=O) groups excluding carboxylic acids is 3. The van der Waals surface area contributed by atoms with Crippen LogP contribution in [0, 0.1) is 35.5 Å². The van der Waals surface area contributed by atoms with Crippen molar-refractivity contribution in [3.8, 4) is 5.75 Å². The van der Waals surface area contributed by atoms with Gasteiger partial charge in [-0.2, -0.15) is 0 Å². The van der Waals surface area contributed by atoms with Crippen LogP contribution in [0.25, 0.3) is 0 Å². The van der Waals surface area contributed by atoms with Crippen molar-refractivity contribution in [2.75, 3.05) is 18.7 Å². The largest absolute Gasteiger partial charge is 0.497 e. The van der Waals surface area contributed by atoms with E-state index in [0.29, 0.717) is 23.3 Å². The summed E-state index contributed by atoms with van der Waals surface area (Å²) in [5.41, 5.74) is 0.641. The highest BCUT2D eigenvalue weighted by Gasteiger charge is 2.67. The molecule has 140 valence electrons. The second kappa shape index (κ2) is 5.68. The molecular weight excluding hydrogens is 344 g/mol. The van der Waals surface area contributed by atoms with Gasteiger partial charge in [0.15, 0.2) is 0 Å². The first kappa shape index (κ1) is 16.5. The average molecular weight is 366 g/mol. The molecule has 5 aliphatic rings. The van der Waals surface area contributed by atoms with Crippen molar-refractivity contribution in [2.45, 2.75) is 13.3 Å². The summed E-state index contributed by atoms with van der Waals surface area (Å²) in [5, 5.41) is 0. The van der Waals surface area contributed by atoms with Gasteiger partial charge in [-0.25, -0.2) is 0 Å². The molecule has 1 heterocycles. The van der Waals surface area contributed by atoms with E-state index in [9.17, 15) is 14.4 Å². The smallest absolute Gasteiger partial charge is 0.235 e. The van der Waals surface area contributed by atoms with Gasteiger partial charge in [-0.1, -0.05) is 12.2 Å². The number of hydrogen-bond acceptors (Lipinski definition) is 4. The molecule has 2 bridgehead atoms. The van der Waals surface area contributed by atoms with Crippen molar-refractivity contribution in [1.82, 2.24) is 4.90 Å². The van der Waals surface area contributed by atoms with Crippen LogP contribution in [0.5, 0.6) is 5.75 Å². The van der Waals surface area contributed by atoms with Crippen molar-refractivity contribution in [3.63, 3.8) is 0 Å². The molecule has 0 unspecified atom stereocenters. The zero-order chi connectivity index (χ0) is 18.9. The van der Waals surface area contributed by atoms with Crippen molar-refractivity contribution in [3.05, 3.63) is 36.4 Å². The fourth-order valence-electron chi connectivity index (χ4n) is 5.42.